The monoisotopic (exact) mass is 235 g/mol. The third kappa shape index (κ3) is 4.87. The maximum absolute atomic E-state index is 11.7. The highest BCUT2D eigenvalue weighted by Gasteiger charge is 2.17. The van der Waals surface area contributed by atoms with Crippen molar-refractivity contribution in [3.05, 3.63) is 35.9 Å². The number of hydrogen-bond acceptors (Lipinski definition) is 2. The average molecular weight is 235 g/mol. The van der Waals surface area contributed by atoms with Crippen LogP contribution in [0.5, 0.6) is 0 Å². The molecule has 1 atom stereocenters. The topological polar surface area (TPSA) is 67.2 Å². The Kier molecular flexibility index (Phi) is 4.52. The van der Waals surface area contributed by atoms with Gasteiger partial charge < -0.3 is 16.4 Å². The van der Waals surface area contributed by atoms with Crippen LogP contribution in [0.4, 0.5) is 4.79 Å². The second-order valence-electron chi connectivity index (χ2n) is 5.05. The third-order valence-electron chi connectivity index (χ3n) is 2.23. The van der Waals surface area contributed by atoms with E-state index in [9.17, 15) is 4.79 Å². The van der Waals surface area contributed by atoms with Crippen molar-refractivity contribution < 1.29 is 4.79 Å². The number of carbonyl (C=O) groups is 1. The second-order valence-corrected chi connectivity index (χ2v) is 5.05. The predicted molar refractivity (Wildman–Crippen MR) is 69.7 cm³/mol. The fourth-order valence-corrected chi connectivity index (χ4v) is 1.50. The van der Waals surface area contributed by atoms with E-state index in [-0.39, 0.29) is 17.6 Å². The van der Waals surface area contributed by atoms with Crippen molar-refractivity contribution in [2.24, 2.45) is 5.73 Å². The van der Waals surface area contributed by atoms with Crippen molar-refractivity contribution in [2.45, 2.75) is 32.4 Å². The van der Waals surface area contributed by atoms with Crippen LogP contribution in [0, 0.1) is 0 Å². The Labute approximate surface area is 103 Å². The van der Waals surface area contributed by atoms with Crippen LogP contribution in [0.3, 0.4) is 0 Å². The van der Waals surface area contributed by atoms with Gasteiger partial charge in [0.25, 0.3) is 0 Å². The highest BCUT2D eigenvalue weighted by molar-refractivity contribution is 5.75. The lowest BCUT2D eigenvalue weighted by Crippen LogP contribution is -2.48. The molecular formula is C13H21N3O. The van der Waals surface area contributed by atoms with E-state index in [2.05, 4.69) is 10.6 Å². The summed E-state index contributed by atoms with van der Waals surface area (Å²) in [5.74, 6) is 0. The molecule has 1 rings (SSSR count). The minimum Gasteiger partial charge on any atom is -0.334 e. The zero-order chi connectivity index (χ0) is 12.9. The van der Waals surface area contributed by atoms with Crippen LogP contribution >= 0.6 is 0 Å². The Morgan fingerprint density at radius 2 is 1.88 bits per heavy atom. The lowest BCUT2D eigenvalue weighted by atomic mass is 10.1. The second kappa shape index (κ2) is 5.68. The Balaban J connectivity index is 2.62. The molecular weight excluding hydrogens is 214 g/mol. The van der Waals surface area contributed by atoms with Crippen LogP contribution in [0.15, 0.2) is 30.3 Å². The smallest absolute Gasteiger partial charge is 0.315 e. The van der Waals surface area contributed by atoms with Gasteiger partial charge >= 0.3 is 6.03 Å². The molecule has 0 saturated carbocycles. The molecule has 0 spiro atoms. The third-order valence-corrected chi connectivity index (χ3v) is 2.23. The summed E-state index contributed by atoms with van der Waals surface area (Å²) < 4.78 is 0. The predicted octanol–water partition coefficient (Wildman–Crippen LogP) is 1.78. The minimum atomic E-state index is -0.250. The van der Waals surface area contributed by atoms with Gasteiger partial charge in [0.15, 0.2) is 0 Å². The molecule has 0 heterocycles. The van der Waals surface area contributed by atoms with Gasteiger partial charge in [0.05, 0.1) is 6.04 Å². The highest BCUT2D eigenvalue weighted by atomic mass is 16.2. The molecule has 0 aliphatic rings. The first-order chi connectivity index (χ1) is 7.92. The average Bonchev–Trinajstić information content (AvgIpc) is 2.24. The fourth-order valence-electron chi connectivity index (χ4n) is 1.50. The number of benzene rings is 1. The van der Waals surface area contributed by atoms with E-state index in [4.69, 9.17) is 5.73 Å². The highest BCUT2D eigenvalue weighted by Crippen LogP contribution is 2.10. The van der Waals surface area contributed by atoms with Crippen molar-refractivity contribution in [1.82, 2.24) is 10.6 Å². The summed E-state index contributed by atoms with van der Waals surface area (Å²) in [6.45, 7) is 6.19. The van der Waals surface area contributed by atoms with Gasteiger partial charge in [-0.25, -0.2) is 4.79 Å². The SMILES string of the molecule is CC(C)(C)NC(=O)NC(CN)c1ccccc1. The van der Waals surface area contributed by atoms with E-state index in [1.807, 2.05) is 51.1 Å². The minimum absolute atomic E-state index is 0.154. The zero-order valence-electron chi connectivity index (χ0n) is 10.7. The number of urea groups is 1. The van der Waals surface area contributed by atoms with Crippen LogP contribution in [-0.4, -0.2) is 18.1 Å². The van der Waals surface area contributed by atoms with Gasteiger partial charge in [0.1, 0.15) is 0 Å². The van der Waals surface area contributed by atoms with Crippen molar-refractivity contribution in [2.75, 3.05) is 6.54 Å². The standard InChI is InChI=1S/C13H21N3O/c1-13(2,3)16-12(17)15-11(9-14)10-7-5-4-6-8-10/h4-8,11H,9,14H2,1-3H3,(H2,15,16,17). The van der Waals surface area contributed by atoms with Crippen LogP contribution in [-0.2, 0) is 0 Å². The number of hydrogen-bond donors (Lipinski definition) is 3. The molecule has 0 saturated heterocycles. The molecule has 1 aromatic rings. The first kappa shape index (κ1) is 13.5. The van der Waals surface area contributed by atoms with Crippen LogP contribution in [0.1, 0.15) is 32.4 Å². The molecule has 4 heteroatoms. The van der Waals surface area contributed by atoms with Gasteiger partial charge in [0, 0.05) is 12.1 Å². The molecule has 1 aromatic carbocycles. The largest absolute Gasteiger partial charge is 0.334 e. The van der Waals surface area contributed by atoms with Crippen molar-refractivity contribution >= 4 is 6.03 Å². The fraction of sp³-hybridized carbons (Fsp3) is 0.462. The number of rotatable bonds is 3. The van der Waals surface area contributed by atoms with E-state index in [0.717, 1.165) is 5.56 Å². The first-order valence-corrected chi connectivity index (χ1v) is 5.76. The molecule has 94 valence electrons. The molecule has 0 aliphatic heterocycles. The molecule has 0 radical (unpaired) electrons. The molecule has 0 aliphatic carbocycles. The number of nitrogens with one attached hydrogen (secondary N) is 2. The quantitative estimate of drug-likeness (QED) is 0.747. The molecule has 4 N–H and O–H groups in total. The Hall–Kier alpha value is -1.55. The summed E-state index contributed by atoms with van der Waals surface area (Å²) in [7, 11) is 0. The van der Waals surface area contributed by atoms with E-state index < -0.39 is 0 Å². The molecule has 0 bridgehead atoms. The van der Waals surface area contributed by atoms with E-state index in [1.54, 1.807) is 0 Å². The summed E-state index contributed by atoms with van der Waals surface area (Å²) in [6, 6.07) is 9.36. The molecule has 4 nitrogen and oxygen atoms in total. The summed E-state index contributed by atoms with van der Waals surface area (Å²) >= 11 is 0. The zero-order valence-corrected chi connectivity index (χ0v) is 10.7. The van der Waals surface area contributed by atoms with Gasteiger partial charge in [0.2, 0.25) is 0 Å². The van der Waals surface area contributed by atoms with Crippen molar-refractivity contribution in [3.8, 4) is 0 Å². The van der Waals surface area contributed by atoms with Gasteiger partial charge in [-0.3, -0.25) is 0 Å². The lowest BCUT2D eigenvalue weighted by Gasteiger charge is -2.24. The van der Waals surface area contributed by atoms with E-state index in [1.165, 1.54) is 0 Å². The Morgan fingerprint density at radius 3 is 2.35 bits per heavy atom. The number of amides is 2. The first-order valence-electron chi connectivity index (χ1n) is 5.76. The Morgan fingerprint density at radius 1 is 1.29 bits per heavy atom. The number of nitrogens with two attached hydrogens (primary N) is 1. The summed E-state index contributed by atoms with van der Waals surface area (Å²) in [6.07, 6.45) is 0. The van der Waals surface area contributed by atoms with Gasteiger partial charge in [-0.05, 0) is 26.3 Å². The maximum atomic E-state index is 11.7. The van der Waals surface area contributed by atoms with Crippen molar-refractivity contribution in [3.63, 3.8) is 0 Å². The molecule has 2 amide bonds. The number of carbonyl (C=O) groups excluding carboxylic acids is 1. The summed E-state index contributed by atoms with van der Waals surface area (Å²) in [4.78, 5) is 11.7. The molecule has 0 fully saturated rings. The summed E-state index contributed by atoms with van der Waals surface area (Å²) in [5.41, 5.74) is 6.44. The van der Waals surface area contributed by atoms with Crippen LogP contribution < -0.4 is 16.4 Å². The normalized spacial score (nSPS) is 12.9. The van der Waals surface area contributed by atoms with Crippen LogP contribution in [0.2, 0.25) is 0 Å². The maximum Gasteiger partial charge on any atom is 0.315 e. The van der Waals surface area contributed by atoms with Crippen LogP contribution in [0.25, 0.3) is 0 Å². The molecule has 17 heavy (non-hydrogen) atoms. The molecule has 0 aromatic heterocycles. The van der Waals surface area contributed by atoms with E-state index >= 15 is 0 Å². The van der Waals surface area contributed by atoms with Gasteiger partial charge in [-0.15, -0.1) is 0 Å². The van der Waals surface area contributed by atoms with E-state index in [0.29, 0.717) is 6.54 Å². The van der Waals surface area contributed by atoms with Gasteiger partial charge in [-0.1, -0.05) is 30.3 Å². The molecule has 1 unspecified atom stereocenters. The van der Waals surface area contributed by atoms with Gasteiger partial charge in [-0.2, -0.15) is 0 Å². The summed E-state index contributed by atoms with van der Waals surface area (Å²) in [5, 5.41) is 5.71. The van der Waals surface area contributed by atoms with Crippen molar-refractivity contribution in [1.29, 1.82) is 0 Å². The Bertz CT molecular complexity index is 357. The lowest BCUT2D eigenvalue weighted by molar-refractivity contribution is 0.228.